The second-order valence-electron chi connectivity index (χ2n) is 5.34. The number of benzene rings is 2. The molecule has 2 aromatic carbocycles. The van der Waals surface area contributed by atoms with E-state index in [1.165, 1.54) is 23.3 Å². The lowest BCUT2D eigenvalue weighted by molar-refractivity contribution is 0.455. The van der Waals surface area contributed by atoms with Crippen molar-refractivity contribution in [3.63, 3.8) is 0 Å². The summed E-state index contributed by atoms with van der Waals surface area (Å²) in [5.74, 6) is -1.57. The maximum Gasteiger partial charge on any atom is 0.159 e. The molecule has 1 atom stereocenters. The number of nitrogens with one attached hydrogen (secondary N) is 1. The molecule has 0 saturated heterocycles. The topological polar surface area (TPSA) is 12.0 Å². The van der Waals surface area contributed by atoms with E-state index in [4.69, 9.17) is 0 Å². The Labute approximate surface area is 117 Å². The Morgan fingerprint density at radius 2 is 1.80 bits per heavy atom. The van der Waals surface area contributed by atoms with E-state index < -0.39 is 11.6 Å². The molecule has 104 valence electrons. The quantitative estimate of drug-likeness (QED) is 0.900. The predicted octanol–water partition coefficient (Wildman–Crippen LogP) is 3.61. The van der Waals surface area contributed by atoms with Gasteiger partial charge < -0.3 is 5.32 Å². The molecule has 3 rings (SSSR count). The maximum absolute atomic E-state index is 13.1. The second kappa shape index (κ2) is 5.71. The van der Waals surface area contributed by atoms with Crippen molar-refractivity contribution in [3.05, 3.63) is 70.8 Å². The highest BCUT2D eigenvalue weighted by molar-refractivity contribution is 5.30. The van der Waals surface area contributed by atoms with Crippen LogP contribution in [-0.4, -0.2) is 6.04 Å². The van der Waals surface area contributed by atoms with Crippen LogP contribution in [0.3, 0.4) is 0 Å². The molecule has 0 fully saturated rings. The van der Waals surface area contributed by atoms with Gasteiger partial charge in [-0.1, -0.05) is 30.3 Å². The van der Waals surface area contributed by atoms with Gasteiger partial charge in [0.05, 0.1) is 0 Å². The van der Waals surface area contributed by atoms with Crippen LogP contribution in [-0.2, 0) is 19.4 Å². The fourth-order valence-electron chi connectivity index (χ4n) is 2.78. The van der Waals surface area contributed by atoms with Crippen molar-refractivity contribution in [2.24, 2.45) is 0 Å². The highest BCUT2D eigenvalue weighted by Gasteiger charge is 2.17. The minimum absolute atomic E-state index is 0.401. The normalized spacial score (nSPS) is 17.8. The van der Waals surface area contributed by atoms with Gasteiger partial charge in [0.1, 0.15) is 0 Å². The Balaban J connectivity index is 1.61. The lowest BCUT2D eigenvalue weighted by Crippen LogP contribution is -2.34. The van der Waals surface area contributed by atoms with E-state index in [-0.39, 0.29) is 0 Å². The third-order valence-electron chi connectivity index (χ3n) is 3.93. The van der Waals surface area contributed by atoms with Crippen LogP contribution in [0.4, 0.5) is 8.78 Å². The molecular weight excluding hydrogens is 256 g/mol. The maximum atomic E-state index is 13.1. The smallest absolute Gasteiger partial charge is 0.159 e. The van der Waals surface area contributed by atoms with Crippen molar-refractivity contribution in [3.8, 4) is 0 Å². The lowest BCUT2D eigenvalue weighted by Gasteiger charge is -2.25. The first-order valence-corrected chi connectivity index (χ1v) is 6.96. The van der Waals surface area contributed by atoms with E-state index in [0.29, 0.717) is 12.6 Å². The fraction of sp³-hybridized carbons (Fsp3) is 0.294. The summed E-state index contributed by atoms with van der Waals surface area (Å²) in [6.45, 7) is 0.573. The van der Waals surface area contributed by atoms with Crippen LogP contribution in [0, 0.1) is 11.6 Å². The molecule has 0 spiro atoms. The van der Waals surface area contributed by atoms with Crippen molar-refractivity contribution in [1.82, 2.24) is 5.32 Å². The van der Waals surface area contributed by atoms with E-state index in [1.807, 2.05) is 0 Å². The van der Waals surface area contributed by atoms with E-state index >= 15 is 0 Å². The molecular formula is C17H17F2N. The van der Waals surface area contributed by atoms with Crippen LogP contribution < -0.4 is 5.32 Å². The molecule has 20 heavy (non-hydrogen) atoms. The lowest BCUT2D eigenvalue weighted by atomic mass is 9.88. The molecule has 0 heterocycles. The van der Waals surface area contributed by atoms with Gasteiger partial charge in [-0.15, -0.1) is 0 Å². The Morgan fingerprint density at radius 1 is 1.00 bits per heavy atom. The first kappa shape index (κ1) is 13.3. The zero-order valence-corrected chi connectivity index (χ0v) is 11.2. The number of fused-ring (bicyclic) bond motifs is 1. The van der Waals surface area contributed by atoms with E-state index in [9.17, 15) is 8.78 Å². The van der Waals surface area contributed by atoms with Crippen molar-refractivity contribution in [2.45, 2.75) is 31.8 Å². The van der Waals surface area contributed by atoms with Gasteiger partial charge in [0, 0.05) is 12.6 Å². The largest absolute Gasteiger partial charge is 0.310 e. The number of hydrogen-bond acceptors (Lipinski definition) is 1. The Kier molecular flexibility index (Phi) is 3.79. The van der Waals surface area contributed by atoms with Crippen LogP contribution >= 0.6 is 0 Å². The number of rotatable bonds is 3. The molecule has 0 amide bonds. The van der Waals surface area contributed by atoms with Crippen LogP contribution in [0.5, 0.6) is 0 Å². The number of aryl methyl sites for hydroxylation is 1. The monoisotopic (exact) mass is 273 g/mol. The minimum Gasteiger partial charge on any atom is -0.310 e. The van der Waals surface area contributed by atoms with Crippen molar-refractivity contribution in [2.75, 3.05) is 0 Å². The van der Waals surface area contributed by atoms with Crippen molar-refractivity contribution >= 4 is 0 Å². The van der Waals surface area contributed by atoms with Gasteiger partial charge in [0.25, 0.3) is 0 Å². The van der Waals surface area contributed by atoms with Crippen molar-refractivity contribution < 1.29 is 8.78 Å². The summed E-state index contributed by atoms with van der Waals surface area (Å²) >= 11 is 0. The summed E-state index contributed by atoms with van der Waals surface area (Å²) in [4.78, 5) is 0. The van der Waals surface area contributed by atoms with Crippen molar-refractivity contribution in [1.29, 1.82) is 0 Å². The molecule has 1 N–H and O–H groups in total. The summed E-state index contributed by atoms with van der Waals surface area (Å²) in [6.07, 6.45) is 3.16. The SMILES string of the molecule is Fc1ccc(CNC2CCc3ccccc3C2)cc1F. The molecule has 1 aliphatic rings. The molecule has 1 aliphatic carbocycles. The zero-order chi connectivity index (χ0) is 13.9. The van der Waals surface area contributed by atoms with E-state index in [1.54, 1.807) is 6.07 Å². The molecule has 0 aromatic heterocycles. The summed E-state index contributed by atoms with van der Waals surface area (Å²) in [5, 5.41) is 3.44. The minimum atomic E-state index is -0.791. The standard InChI is InChI=1S/C17H17F2N/c18-16-8-5-12(9-17(16)19)11-20-15-7-6-13-3-1-2-4-14(13)10-15/h1-5,8-9,15,20H,6-7,10-11H2. The Hall–Kier alpha value is -1.74. The average Bonchev–Trinajstić information content (AvgIpc) is 2.48. The molecule has 2 aromatic rings. The van der Waals surface area contributed by atoms with Crippen LogP contribution in [0.2, 0.25) is 0 Å². The van der Waals surface area contributed by atoms with Gasteiger partial charge in [-0.3, -0.25) is 0 Å². The molecule has 0 aliphatic heterocycles. The van der Waals surface area contributed by atoms with Crippen LogP contribution in [0.25, 0.3) is 0 Å². The van der Waals surface area contributed by atoms with Gasteiger partial charge in [0.15, 0.2) is 11.6 Å². The fourth-order valence-corrected chi connectivity index (χ4v) is 2.78. The highest BCUT2D eigenvalue weighted by atomic mass is 19.2. The van der Waals surface area contributed by atoms with Gasteiger partial charge in [-0.2, -0.15) is 0 Å². The summed E-state index contributed by atoms with van der Waals surface area (Å²) < 4.78 is 26.0. The number of hydrogen-bond donors (Lipinski definition) is 1. The summed E-state index contributed by atoms with van der Waals surface area (Å²) in [7, 11) is 0. The molecule has 0 radical (unpaired) electrons. The van der Waals surface area contributed by atoms with Gasteiger partial charge in [-0.05, 0) is 48.1 Å². The molecule has 0 bridgehead atoms. The third kappa shape index (κ3) is 2.88. The zero-order valence-electron chi connectivity index (χ0n) is 11.2. The average molecular weight is 273 g/mol. The first-order chi connectivity index (χ1) is 9.72. The molecule has 1 unspecified atom stereocenters. The molecule has 1 nitrogen and oxygen atoms in total. The number of halogens is 2. The molecule has 3 heteroatoms. The van der Waals surface area contributed by atoms with E-state index in [0.717, 1.165) is 24.8 Å². The van der Waals surface area contributed by atoms with E-state index in [2.05, 4.69) is 29.6 Å². The van der Waals surface area contributed by atoms with Gasteiger partial charge in [-0.25, -0.2) is 8.78 Å². The van der Waals surface area contributed by atoms with Gasteiger partial charge >= 0.3 is 0 Å². The van der Waals surface area contributed by atoms with Gasteiger partial charge in [0.2, 0.25) is 0 Å². The highest BCUT2D eigenvalue weighted by Crippen LogP contribution is 2.21. The predicted molar refractivity (Wildman–Crippen MR) is 75.5 cm³/mol. The van der Waals surface area contributed by atoms with Crippen LogP contribution in [0.15, 0.2) is 42.5 Å². The second-order valence-corrected chi connectivity index (χ2v) is 5.34. The summed E-state index contributed by atoms with van der Waals surface area (Å²) in [5.41, 5.74) is 3.60. The Morgan fingerprint density at radius 3 is 2.60 bits per heavy atom. The summed E-state index contributed by atoms with van der Waals surface area (Å²) in [6, 6.07) is 13.0. The van der Waals surface area contributed by atoms with Crippen LogP contribution in [0.1, 0.15) is 23.1 Å². The third-order valence-corrected chi connectivity index (χ3v) is 3.93. The Bertz CT molecular complexity index is 610. The first-order valence-electron chi connectivity index (χ1n) is 6.96. The molecule has 0 saturated carbocycles.